The summed E-state index contributed by atoms with van der Waals surface area (Å²) in [6.45, 7) is 12.3. The number of carbonyl (C=O) groups excluding carboxylic acids is 2. The summed E-state index contributed by atoms with van der Waals surface area (Å²) in [6.07, 6.45) is 6.43. The van der Waals surface area contributed by atoms with Crippen LogP contribution in [0.25, 0.3) is 0 Å². The van der Waals surface area contributed by atoms with Crippen molar-refractivity contribution in [1.82, 2.24) is 20.2 Å². The van der Waals surface area contributed by atoms with Crippen LogP contribution in [0.2, 0.25) is 0 Å². The molecule has 1 N–H and O–H groups in total. The molecule has 0 radical (unpaired) electrons. The summed E-state index contributed by atoms with van der Waals surface area (Å²) in [5, 5.41) is 3.20. The molecule has 2 amide bonds. The highest BCUT2D eigenvalue weighted by Crippen LogP contribution is 2.40. The summed E-state index contributed by atoms with van der Waals surface area (Å²) in [6, 6.07) is -0.0475. The van der Waals surface area contributed by atoms with Crippen molar-refractivity contribution < 1.29 is 9.59 Å². The maximum absolute atomic E-state index is 12.6. The average Bonchev–Trinajstić information content (AvgIpc) is 2.97. The zero-order valence-corrected chi connectivity index (χ0v) is 18.0. The van der Waals surface area contributed by atoms with Crippen LogP contribution in [-0.4, -0.2) is 39.8 Å². The van der Waals surface area contributed by atoms with Crippen molar-refractivity contribution in [2.45, 2.75) is 84.6 Å². The predicted molar refractivity (Wildman–Crippen MR) is 109 cm³/mol. The van der Waals surface area contributed by atoms with Gasteiger partial charge in [0, 0.05) is 48.8 Å². The van der Waals surface area contributed by atoms with Gasteiger partial charge in [-0.1, -0.05) is 34.6 Å². The van der Waals surface area contributed by atoms with E-state index in [4.69, 9.17) is 4.98 Å². The molecular weight excluding hydrogens is 352 g/mol. The standard InChI is InChI=1S/C22H34N4O2/c1-21(2,3)20-23-14-15-16(12-22(4,5)13-17(15)25-20)24-18(27)8-6-10-26-11-7-9-19(26)28/h14,16H,6-13H2,1-5H3,(H,24,27)/t16-/m1/s1. The first-order chi connectivity index (χ1) is 13.0. The minimum atomic E-state index is -0.0949. The van der Waals surface area contributed by atoms with Crippen LogP contribution >= 0.6 is 0 Å². The molecule has 6 heteroatoms. The molecule has 3 rings (SSSR count). The molecule has 0 unspecified atom stereocenters. The highest BCUT2D eigenvalue weighted by molar-refractivity contribution is 5.78. The highest BCUT2D eigenvalue weighted by atomic mass is 16.2. The van der Waals surface area contributed by atoms with E-state index in [1.54, 1.807) is 0 Å². The van der Waals surface area contributed by atoms with Crippen LogP contribution in [0, 0.1) is 5.41 Å². The fraction of sp³-hybridized carbons (Fsp3) is 0.727. The van der Waals surface area contributed by atoms with Gasteiger partial charge in [-0.2, -0.15) is 0 Å². The van der Waals surface area contributed by atoms with Crippen LogP contribution in [0.3, 0.4) is 0 Å². The average molecular weight is 387 g/mol. The normalized spacial score (nSPS) is 21.5. The number of hydrogen-bond acceptors (Lipinski definition) is 4. The number of carbonyl (C=O) groups is 2. The first-order valence-corrected chi connectivity index (χ1v) is 10.5. The summed E-state index contributed by atoms with van der Waals surface area (Å²) in [4.78, 5) is 35.6. The molecule has 2 heterocycles. The molecular formula is C22H34N4O2. The van der Waals surface area contributed by atoms with Crippen molar-refractivity contribution in [2.24, 2.45) is 5.41 Å². The fourth-order valence-electron chi connectivity index (χ4n) is 4.17. The molecule has 1 aromatic rings. The topological polar surface area (TPSA) is 75.2 Å². The fourth-order valence-corrected chi connectivity index (χ4v) is 4.17. The van der Waals surface area contributed by atoms with Gasteiger partial charge < -0.3 is 10.2 Å². The van der Waals surface area contributed by atoms with E-state index in [-0.39, 0.29) is 28.7 Å². The van der Waals surface area contributed by atoms with E-state index in [9.17, 15) is 9.59 Å². The number of aromatic nitrogens is 2. The summed E-state index contributed by atoms with van der Waals surface area (Å²) in [5.74, 6) is 1.11. The van der Waals surface area contributed by atoms with Gasteiger partial charge in [0.2, 0.25) is 11.8 Å². The number of likely N-dealkylation sites (tertiary alicyclic amines) is 1. The zero-order chi connectivity index (χ0) is 20.5. The van der Waals surface area contributed by atoms with Gasteiger partial charge in [-0.25, -0.2) is 9.97 Å². The Labute approximate surface area is 168 Å². The molecule has 6 nitrogen and oxygen atoms in total. The number of nitrogens with zero attached hydrogens (tertiary/aromatic N) is 3. The third kappa shape index (κ3) is 4.89. The molecule has 154 valence electrons. The van der Waals surface area contributed by atoms with Crippen molar-refractivity contribution >= 4 is 11.8 Å². The second-order valence-corrected chi connectivity index (χ2v) is 10.1. The van der Waals surface area contributed by atoms with Crippen LogP contribution in [-0.2, 0) is 21.4 Å². The van der Waals surface area contributed by atoms with Crippen molar-refractivity contribution in [3.63, 3.8) is 0 Å². The third-order valence-electron chi connectivity index (χ3n) is 5.69. The minimum Gasteiger partial charge on any atom is -0.349 e. The lowest BCUT2D eigenvalue weighted by atomic mass is 9.74. The van der Waals surface area contributed by atoms with Gasteiger partial charge in [0.1, 0.15) is 5.82 Å². The van der Waals surface area contributed by atoms with Crippen LogP contribution < -0.4 is 5.32 Å². The Kier molecular flexibility index (Phi) is 5.78. The first kappa shape index (κ1) is 20.7. The highest BCUT2D eigenvalue weighted by Gasteiger charge is 2.35. The lowest BCUT2D eigenvalue weighted by molar-refractivity contribution is -0.128. The zero-order valence-electron chi connectivity index (χ0n) is 18.0. The Morgan fingerprint density at radius 1 is 1.36 bits per heavy atom. The maximum atomic E-state index is 12.6. The van der Waals surface area contributed by atoms with Gasteiger partial charge in [-0.3, -0.25) is 9.59 Å². The molecule has 0 spiro atoms. The molecule has 1 aromatic heterocycles. The van der Waals surface area contributed by atoms with Crippen molar-refractivity contribution in [1.29, 1.82) is 0 Å². The molecule has 1 atom stereocenters. The van der Waals surface area contributed by atoms with Gasteiger partial charge in [0.15, 0.2) is 0 Å². The number of nitrogens with one attached hydrogen (secondary N) is 1. The van der Waals surface area contributed by atoms with E-state index >= 15 is 0 Å². The molecule has 0 bridgehead atoms. The number of hydrogen-bond donors (Lipinski definition) is 1. The Morgan fingerprint density at radius 2 is 2.11 bits per heavy atom. The van der Waals surface area contributed by atoms with E-state index in [0.717, 1.165) is 42.9 Å². The molecule has 28 heavy (non-hydrogen) atoms. The van der Waals surface area contributed by atoms with Crippen LogP contribution in [0.5, 0.6) is 0 Å². The van der Waals surface area contributed by atoms with Crippen molar-refractivity contribution in [2.75, 3.05) is 13.1 Å². The SMILES string of the molecule is CC1(C)Cc2nc(C(C)(C)C)ncc2[C@H](NC(=O)CCCN2CCCC2=O)C1. The van der Waals surface area contributed by atoms with E-state index < -0.39 is 0 Å². The van der Waals surface area contributed by atoms with Gasteiger partial charge in [0.25, 0.3) is 0 Å². The smallest absolute Gasteiger partial charge is 0.222 e. The monoisotopic (exact) mass is 386 g/mol. The number of fused-ring (bicyclic) bond motifs is 1. The largest absolute Gasteiger partial charge is 0.349 e. The Bertz CT molecular complexity index is 751. The predicted octanol–water partition coefficient (Wildman–Crippen LogP) is 3.31. The number of amides is 2. The summed E-state index contributed by atoms with van der Waals surface area (Å²) in [5.41, 5.74) is 2.10. The Balaban J connectivity index is 1.65. The minimum absolute atomic E-state index is 0.0418. The summed E-state index contributed by atoms with van der Waals surface area (Å²) < 4.78 is 0. The summed E-state index contributed by atoms with van der Waals surface area (Å²) >= 11 is 0. The molecule has 1 saturated heterocycles. The lowest BCUT2D eigenvalue weighted by Crippen LogP contribution is -2.38. The molecule has 1 aliphatic heterocycles. The molecule has 2 aliphatic rings. The summed E-state index contributed by atoms with van der Waals surface area (Å²) in [7, 11) is 0. The maximum Gasteiger partial charge on any atom is 0.222 e. The van der Waals surface area contributed by atoms with Crippen LogP contribution in [0.4, 0.5) is 0 Å². The first-order valence-electron chi connectivity index (χ1n) is 10.5. The third-order valence-corrected chi connectivity index (χ3v) is 5.69. The molecule has 1 fully saturated rings. The molecule has 1 aliphatic carbocycles. The number of rotatable bonds is 5. The van der Waals surface area contributed by atoms with Gasteiger partial charge in [-0.05, 0) is 31.1 Å². The van der Waals surface area contributed by atoms with Crippen LogP contribution in [0.15, 0.2) is 6.20 Å². The molecule has 0 saturated carbocycles. The Hall–Kier alpha value is -1.98. The van der Waals surface area contributed by atoms with Crippen LogP contribution in [0.1, 0.15) is 89.8 Å². The lowest BCUT2D eigenvalue weighted by Gasteiger charge is -2.37. The quantitative estimate of drug-likeness (QED) is 0.842. The Morgan fingerprint density at radius 3 is 2.75 bits per heavy atom. The van der Waals surface area contributed by atoms with Gasteiger partial charge >= 0.3 is 0 Å². The van der Waals surface area contributed by atoms with Crippen molar-refractivity contribution in [3.8, 4) is 0 Å². The van der Waals surface area contributed by atoms with E-state index in [1.165, 1.54) is 0 Å². The van der Waals surface area contributed by atoms with Gasteiger partial charge in [-0.15, -0.1) is 0 Å². The second-order valence-electron chi connectivity index (χ2n) is 10.1. The van der Waals surface area contributed by atoms with E-state index in [1.807, 2.05) is 11.1 Å². The van der Waals surface area contributed by atoms with E-state index in [2.05, 4.69) is 44.9 Å². The molecule has 0 aromatic carbocycles. The van der Waals surface area contributed by atoms with Crippen molar-refractivity contribution in [3.05, 3.63) is 23.3 Å². The second kappa shape index (κ2) is 7.80. The van der Waals surface area contributed by atoms with Gasteiger partial charge in [0.05, 0.1) is 6.04 Å². The van der Waals surface area contributed by atoms with E-state index in [0.29, 0.717) is 25.8 Å².